The van der Waals surface area contributed by atoms with E-state index in [1.165, 1.54) is 0 Å². The molecule has 11 heteroatoms. The third kappa shape index (κ3) is 4.97. The molecule has 0 aliphatic carbocycles. The summed E-state index contributed by atoms with van der Waals surface area (Å²) >= 11 is 0. The van der Waals surface area contributed by atoms with Gasteiger partial charge in [-0.25, -0.2) is 0 Å². The summed E-state index contributed by atoms with van der Waals surface area (Å²) in [7, 11) is 0. The second-order valence-corrected chi connectivity index (χ2v) is 7.35. The van der Waals surface area contributed by atoms with Crippen LogP contribution in [-0.4, -0.2) is 92.1 Å². The molecule has 11 nitrogen and oxygen atoms in total. The first-order valence-corrected chi connectivity index (χ1v) is 9.39. The van der Waals surface area contributed by atoms with E-state index in [1.54, 1.807) is 26.0 Å². The molecule has 2 unspecified atom stereocenters. The van der Waals surface area contributed by atoms with Gasteiger partial charge in [-0.05, 0) is 26.0 Å². The molecule has 29 heavy (non-hydrogen) atoms. The predicted molar refractivity (Wildman–Crippen MR) is 93.0 cm³/mol. The van der Waals surface area contributed by atoms with E-state index >= 15 is 0 Å². The van der Waals surface area contributed by atoms with E-state index in [2.05, 4.69) is 0 Å². The molecule has 3 heterocycles. The van der Waals surface area contributed by atoms with Gasteiger partial charge >= 0.3 is 0 Å². The van der Waals surface area contributed by atoms with E-state index in [-0.39, 0.29) is 13.2 Å². The molecule has 2 aliphatic heterocycles. The van der Waals surface area contributed by atoms with E-state index in [0.717, 1.165) is 0 Å². The van der Waals surface area contributed by atoms with Gasteiger partial charge in [0.1, 0.15) is 61.4 Å². The minimum Gasteiger partial charge on any atom is -0.461 e. The molecule has 166 valence electrons. The van der Waals surface area contributed by atoms with Crippen molar-refractivity contribution in [1.82, 2.24) is 0 Å². The number of hydrogen-bond acceptors (Lipinski definition) is 11. The maximum atomic E-state index is 9.94. The quantitative estimate of drug-likeness (QED) is 0.300. The average molecular weight is 420 g/mol. The van der Waals surface area contributed by atoms with Crippen LogP contribution < -0.4 is 0 Å². The Labute approximate surface area is 167 Å². The molecule has 3 rings (SSSR count). The highest BCUT2D eigenvalue weighted by Gasteiger charge is 2.43. The lowest BCUT2D eigenvalue weighted by molar-refractivity contribution is -0.298. The van der Waals surface area contributed by atoms with Crippen LogP contribution in [0.4, 0.5) is 0 Å². The molecule has 2 aliphatic rings. The summed E-state index contributed by atoms with van der Waals surface area (Å²) in [6.07, 6.45) is -11.7. The normalized spacial score (nSPS) is 43.4. The fraction of sp³-hybridized carbons (Fsp3) is 0.778. The van der Waals surface area contributed by atoms with Gasteiger partial charge in [-0.1, -0.05) is 0 Å². The lowest BCUT2D eigenvalue weighted by Gasteiger charge is -2.38. The Hall–Kier alpha value is -1.12. The average Bonchev–Trinajstić information content (AvgIpc) is 3.16. The van der Waals surface area contributed by atoms with E-state index in [1.807, 2.05) is 0 Å². The van der Waals surface area contributed by atoms with Crippen LogP contribution in [0.25, 0.3) is 0 Å². The first kappa shape index (κ1) is 22.6. The van der Waals surface area contributed by atoms with Crippen LogP contribution >= 0.6 is 0 Å². The summed E-state index contributed by atoms with van der Waals surface area (Å²) in [5.41, 5.74) is 0. The van der Waals surface area contributed by atoms with Gasteiger partial charge in [0.05, 0.1) is 12.2 Å². The second kappa shape index (κ2) is 9.35. The van der Waals surface area contributed by atoms with Crippen molar-refractivity contribution in [3.63, 3.8) is 0 Å². The topological polar surface area (TPSA) is 171 Å². The molecule has 0 amide bonds. The monoisotopic (exact) mass is 420 g/mol. The largest absolute Gasteiger partial charge is 0.461 e. The molecule has 2 saturated heterocycles. The zero-order chi connectivity index (χ0) is 21.3. The second-order valence-electron chi connectivity index (χ2n) is 7.35. The fourth-order valence-corrected chi connectivity index (χ4v) is 3.21. The summed E-state index contributed by atoms with van der Waals surface area (Å²) in [5, 5.41) is 58.8. The summed E-state index contributed by atoms with van der Waals surface area (Å²) in [6, 6.07) is 3.23. The molecule has 1 aromatic heterocycles. The van der Waals surface area contributed by atoms with Gasteiger partial charge in [0.15, 0.2) is 12.6 Å². The summed E-state index contributed by atoms with van der Waals surface area (Å²) < 4.78 is 27.1. The lowest BCUT2D eigenvalue weighted by Crippen LogP contribution is -2.57. The number of aliphatic hydroxyl groups excluding tert-OH is 6. The highest BCUT2D eigenvalue weighted by atomic mass is 16.7. The third-order valence-corrected chi connectivity index (χ3v) is 5.11. The molecule has 0 radical (unpaired) electrons. The van der Waals surface area contributed by atoms with Crippen LogP contribution in [0.5, 0.6) is 0 Å². The molecule has 0 saturated carbocycles. The van der Waals surface area contributed by atoms with Crippen LogP contribution in [0.15, 0.2) is 16.5 Å². The molecule has 2 fully saturated rings. The summed E-state index contributed by atoms with van der Waals surface area (Å²) in [6.45, 7) is 2.97. The fourth-order valence-electron chi connectivity index (χ4n) is 3.21. The molecular formula is C18H28O11. The zero-order valence-electron chi connectivity index (χ0n) is 16.1. The van der Waals surface area contributed by atoms with Crippen molar-refractivity contribution < 1.29 is 54.0 Å². The van der Waals surface area contributed by atoms with Crippen molar-refractivity contribution >= 4 is 0 Å². The number of hydrogen-bond donors (Lipinski definition) is 6. The number of ether oxygens (including phenoxy) is 4. The molecule has 1 aromatic rings. The molecular weight excluding hydrogens is 392 g/mol. The first-order chi connectivity index (χ1) is 13.7. The van der Waals surface area contributed by atoms with E-state index in [0.29, 0.717) is 11.5 Å². The Balaban J connectivity index is 1.49. The molecule has 0 aromatic carbocycles. The van der Waals surface area contributed by atoms with Gasteiger partial charge in [-0.15, -0.1) is 0 Å². The SMILES string of the molecule is C[C@@H]1OC(OCc2ccc(COC3O[C@@H](C)[C@@H](O)[C@@H](O)[C@@H]3O)o2)[C@@H](O)[C@H](O)[C@@H]1O. The smallest absolute Gasteiger partial charge is 0.187 e. The Bertz CT molecular complexity index is 599. The van der Waals surface area contributed by atoms with Crippen LogP contribution in [0, 0.1) is 0 Å². The van der Waals surface area contributed by atoms with Crippen molar-refractivity contribution in [1.29, 1.82) is 0 Å². The van der Waals surface area contributed by atoms with Gasteiger partial charge in [0.25, 0.3) is 0 Å². The van der Waals surface area contributed by atoms with Crippen LogP contribution in [0.1, 0.15) is 25.4 Å². The minimum atomic E-state index is -1.41. The minimum absolute atomic E-state index is 0.0677. The number of furan rings is 1. The van der Waals surface area contributed by atoms with Crippen molar-refractivity contribution in [3.8, 4) is 0 Å². The Kier molecular flexibility index (Phi) is 7.27. The van der Waals surface area contributed by atoms with Gasteiger partial charge in [-0.2, -0.15) is 0 Å². The highest BCUT2D eigenvalue weighted by Crippen LogP contribution is 2.25. The van der Waals surface area contributed by atoms with Gasteiger partial charge < -0.3 is 54.0 Å². The van der Waals surface area contributed by atoms with Gasteiger partial charge in [-0.3, -0.25) is 0 Å². The van der Waals surface area contributed by atoms with Gasteiger partial charge in [0.2, 0.25) is 0 Å². The van der Waals surface area contributed by atoms with Crippen LogP contribution in [-0.2, 0) is 32.2 Å². The maximum absolute atomic E-state index is 9.94. The molecule has 6 N–H and O–H groups in total. The van der Waals surface area contributed by atoms with Crippen LogP contribution in [0.3, 0.4) is 0 Å². The van der Waals surface area contributed by atoms with Crippen molar-refractivity contribution in [2.45, 2.75) is 88.5 Å². The van der Waals surface area contributed by atoms with Crippen LogP contribution in [0.2, 0.25) is 0 Å². The number of rotatable bonds is 6. The van der Waals surface area contributed by atoms with Crippen molar-refractivity contribution in [2.24, 2.45) is 0 Å². The van der Waals surface area contributed by atoms with Crippen molar-refractivity contribution in [3.05, 3.63) is 23.7 Å². The Morgan fingerprint density at radius 1 is 0.655 bits per heavy atom. The predicted octanol–water partition coefficient (Wildman–Crippen LogP) is -2.03. The number of aliphatic hydroxyl groups is 6. The highest BCUT2D eigenvalue weighted by molar-refractivity contribution is 5.06. The maximum Gasteiger partial charge on any atom is 0.187 e. The Morgan fingerprint density at radius 2 is 1.03 bits per heavy atom. The summed E-state index contributed by atoms with van der Waals surface area (Å²) in [4.78, 5) is 0. The zero-order valence-corrected chi connectivity index (χ0v) is 16.1. The summed E-state index contributed by atoms with van der Waals surface area (Å²) in [5.74, 6) is 0.781. The van der Waals surface area contributed by atoms with Gasteiger partial charge in [0, 0.05) is 0 Å². The van der Waals surface area contributed by atoms with E-state index < -0.39 is 61.4 Å². The lowest BCUT2D eigenvalue weighted by atomic mass is 10.0. The molecule has 10 atom stereocenters. The Morgan fingerprint density at radius 3 is 1.41 bits per heavy atom. The molecule has 0 spiro atoms. The molecule has 0 bridgehead atoms. The van der Waals surface area contributed by atoms with E-state index in [4.69, 9.17) is 23.4 Å². The van der Waals surface area contributed by atoms with E-state index in [9.17, 15) is 30.6 Å². The first-order valence-electron chi connectivity index (χ1n) is 9.39. The van der Waals surface area contributed by atoms with Crippen molar-refractivity contribution in [2.75, 3.05) is 0 Å². The third-order valence-electron chi connectivity index (χ3n) is 5.11. The standard InChI is InChI=1S/C18H28O11/c1-7-11(19)13(21)15(23)17(27-7)25-5-9-3-4-10(29-9)6-26-18-16(24)14(22)12(20)8(2)28-18/h3-4,7-8,11-24H,5-6H2,1-2H3/t7-,8-,11+,12+,13+,14+,15-,16-,17?,18?/m0/s1.